The summed E-state index contributed by atoms with van der Waals surface area (Å²) in [5.41, 5.74) is 1.52. The molecule has 0 N–H and O–H groups in total. The van der Waals surface area contributed by atoms with E-state index in [1.165, 1.54) is 24.3 Å². The maximum Gasteiger partial charge on any atom is 0.416 e. The summed E-state index contributed by atoms with van der Waals surface area (Å²) in [6.07, 6.45) is -3.96. The van der Waals surface area contributed by atoms with E-state index in [1.807, 2.05) is 0 Å². The highest BCUT2D eigenvalue weighted by molar-refractivity contribution is 6.21. The highest BCUT2D eigenvalue weighted by Gasteiger charge is 2.30. The summed E-state index contributed by atoms with van der Waals surface area (Å²) in [4.78, 5) is 0. The van der Waals surface area contributed by atoms with Gasteiger partial charge in [-0.3, -0.25) is 0 Å². The molecule has 0 aromatic heterocycles. The number of aryl methyl sites for hydroxylation is 1. The zero-order valence-corrected chi connectivity index (χ0v) is 12.0. The Morgan fingerprint density at radius 2 is 1.67 bits per heavy atom. The average Bonchev–Trinajstić information content (AvgIpc) is 2.38. The van der Waals surface area contributed by atoms with Crippen LogP contribution in [0.15, 0.2) is 42.5 Å². The van der Waals surface area contributed by atoms with Gasteiger partial charge in [0.1, 0.15) is 5.82 Å². The van der Waals surface area contributed by atoms with E-state index in [0.29, 0.717) is 12.0 Å². The monoisotopic (exact) mass is 316 g/mol. The number of benzene rings is 2. The van der Waals surface area contributed by atoms with Crippen molar-refractivity contribution in [2.75, 3.05) is 0 Å². The molecule has 0 saturated heterocycles. The van der Waals surface area contributed by atoms with Crippen LogP contribution in [-0.4, -0.2) is 0 Å². The van der Waals surface area contributed by atoms with Crippen molar-refractivity contribution in [2.24, 2.45) is 0 Å². The Labute approximate surface area is 125 Å². The maximum atomic E-state index is 13.0. The Balaban J connectivity index is 2.14. The molecule has 0 aliphatic carbocycles. The first kappa shape index (κ1) is 15.8. The lowest BCUT2D eigenvalue weighted by molar-refractivity contribution is -0.137. The SMILES string of the molecule is Cc1cc(F)ccc1C(Cl)Cc1ccc(C(F)(F)F)cc1. The molecule has 0 spiro atoms. The highest BCUT2D eigenvalue weighted by Crippen LogP contribution is 2.31. The zero-order chi connectivity index (χ0) is 15.6. The molecule has 0 aliphatic rings. The van der Waals surface area contributed by atoms with E-state index in [0.717, 1.165) is 23.3 Å². The fourth-order valence-corrected chi connectivity index (χ4v) is 2.56. The number of halogens is 5. The van der Waals surface area contributed by atoms with E-state index < -0.39 is 17.1 Å². The van der Waals surface area contributed by atoms with Crippen LogP contribution in [0.1, 0.15) is 27.6 Å². The van der Waals surface area contributed by atoms with Gasteiger partial charge in [-0.2, -0.15) is 13.2 Å². The number of hydrogen-bond acceptors (Lipinski definition) is 0. The van der Waals surface area contributed by atoms with Crippen molar-refractivity contribution < 1.29 is 17.6 Å². The predicted molar refractivity (Wildman–Crippen MR) is 74.9 cm³/mol. The summed E-state index contributed by atoms with van der Waals surface area (Å²) in [7, 11) is 0. The van der Waals surface area contributed by atoms with Crippen LogP contribution in [0.3, 0.4) is 0 Å². The molecule has 1 unspecified atom stereocenters. The van der Waals surface area contributed by atoms with E-state index in [9.17, 15) is 17.6 Å². The molecule has 112 valence electrons. The minimum absolute atomic E-state index is 0.338. The molecular weight excluding hydrogens is 304 g/mol. The summed E-state index contributed by atoms with van der Waals surface area (Å²) < 4.78 is 50.5. The van der Waals surface area contributed by atoms with Crippen LogP contribution in [0, 0.1) is 12.7 Å². The number of hydrogen-bond donors (Lipinski definition) is 0. The van der Waals surface area contributed by atoms with Gasteiger partial charge in [0.05, 0.1) is 10.9 Å². The second-order valence-electron chi connectivity index (χ2n) is 4.87. The molecule has 0 heterocycles. The first-order valence-electron chi connectivity index (χ1n) is 6.33. The molecule has 0 nitrogen and oxygen atoms in total. The van der Waals surface area contributed by atoms with Crippen LogP contribution in [0.4, 0.5) is 17.6 Å². The van der Waals surface area contributed by atoms with Crippen LogP contribution >= 0.6 is 11.6 Å². The molecule has 0 aliphatic heterocycles. The van der Waals surface area contributed by atoms with Gasteiger partial charge in [0.2, 0.25) is 0 Å². The fourth-order valence-electron chi connectivity index (χ4n) is 2.14. The summed E-state index contributed by atoms with van der Waals surface area (Å²) >= 11 is 6.28. The first-order chi connectivity index (χ1) is 9.77. The Morgan fingerprint density at radius 1 is 1.05 bits per heavy atom. The van der Waals surface area contributed by atoms with Gasteiger partial charge in [0.15, 0.2) is 0 Å². The molecule has 2 aromatic carbocycles. The van der Waals surface area contributed by atoms with Gasteiger partial charge in [0.25, 0.3) is 0 Å². The zero-order valence-electron chi connectivity index (χ0n) is 11.2. The molecule has 0 saturated carbocycles. The maximum absolute atomic E-state index is 13.0. The second-order valence-corrected chi connectivity index (χ2v) is 5.39. The predicted octanol–water partition coefficient (Wildman–Crippen LogP) is 5.68. The molecule has 1 atom stereocenters. The van der Waals surface area contributed by atoms with Gasteiger partial charge in [-0.25, -0.2) is 4.39 Å². The molecule has 0 fully saturated rings. The van der Waals surface area contributed by atoms with Gasteiger partial charge in [0, 0.05) is 0 Å². The van der Waals surface area contributed by atoms with E-state index in [2.05, 4.69) is 0 Å². The van der Waals surface area contributed by atoms with Gasteiger partial charge < -0.3 is 0 Å². The minimum atomic E-state index is -4.34. The average molecular weight is 317 g/mol. The molecular formula is C16H13ClF4. The van der Waals surface area contributed by atoms with Crippen LogP contribution < -0.4 is 0 Å². The third kappa shape index (κ3) is 3.97. The normalized spacial score (nSPS) is 13.2. The minimum Gasteiger partial charge on any atom is -0.207 e. The first-order valence-corrected chi connectivity index (χ1v) is 6.77. The summed E-state index contributed by atoms with van der Waals surface area (Å²) in [6.45, 7) is 1.75. The van der Waals surface area contributed by atoms with Gasteiger partial charge in [-0.15, -0.1) is 11.6 Å². The summed E-state index contributed by atoms with van der Waals surface area (Å²) in [6, 6.07) is 9.22. The summed E-state index contributed by atoms with van der Waals surface area (Å²) in [5, 5.41) is -0.415. The van der Waals surface area contributed by atoms with Gasteiger partial charge >= 0.3 is 6.18 Å². The summed E-state index contributed by atoms with van der Waals surface area (Å²) in [5.74, 6) is -0.338. The van der Waals surface area contributed by atoms with Gasteiger partial charge in [-0.05, 0) is 54.3 Å². The van der Waals surface area contributed by atoms with Crippen molar-refractivity contribution in [2.45, 2.75) is 24.9 Å². The molecule has 2 aromatic rings. The van der Waals surface area contributed by atoms with E-state index in [1.54, 1.807) is 13.0 Å². The standard InChI is InChI=1S/C16H13ClF4/c1-10-8-13(18)6-7-14(10)15(17)9-11-2-4-12(5-3-11)16(19,20)21/h2-8,15H,9H2,1H3. The lowest BCUT2D eigenvalue weighted by atomic mass is 9.99. The molecule has 2 rings (SSSR count). The number of rotatable bonds is 3. The Bertz CT molecular complexity index is 617. The van der Waals surface area contributed by atoms with Crippen molar-refractivity contribution in [3.05, 3.63) is 70.5 Å². The highest BCUT2D eigenvalue weighted by atomic mass is 35.5. The van der Waals surface area contributed by atoms with Crippen LogP contribution in [0.25, 0.3) is 0 Å². The van der Waals surface area contributed by atoms with Gasteiger partial charge in [-0.1, -0.05) is 18.2 Å². The molecule has 5 heteroatoms. The van der Waals surface area contributed by atoms with Crippen molar-refractivity contribution in [1.82, 2.24) is 0 Å². The smallest absolute Gasteiger partial charge is 0.207 e. The Morgan fingerprint density at radius 3 is 2.19 bits per heavy atom. The van der Waals surface area contributed by atoms with Crippen LogP contribution in [-0.2, 0) is 12.6 Å². The van der Waals surface area contributed by atoms with E-state index >= 15 is 0 Å². The van der Waals surface area contributed by atoms with Crippen molar-refractivity contribution in [3.8, 4) is 0 Å². The molecule has 0 bridgehead atoms. The lowest BCUT2D eigenvalue weighted by Crippen LogP contribution is -2.05. The molecule has 21 heavy (non-hydrogen) atoms. The third-order valence-electron chi connectivity index (χ3n) is 3.27. The third-order valence-corrected chi connectivity index (χ3v) is 3.65. The second kappa shape index (κ2) is 6.06. The quantitative estimate of drug-likeness (QED) is 0.505. The van der Waals surface area contributed by atoms with Crippen molar-refractivity contribution >= 4 is 11.6 Å². The van der Waals surface area contributed by atoms with E-state index in [4.69, 9.17) is 11.6 Å². The van der Waals surface area contributed by atoms with Crippen LogP contribution in [0.5, 0.6) is 0 Å². The fraction of sp³-hybridized carbons (Fsp3) is 0.250. The van der Waals surface area contributed by atoms with Crippen molar-refractivity contribution in [3.63, 3.8) is 0 Å². The largest absolute Gasteiger partial charge is 0.416 e. The topological polar surface area (TPSA) is 0 Å². The van der Waals surface area contributed by atoms with Crippen molar-refractivity contribution in [1.29, 1.82) is 0 Å². The van der Waals surface area contributed by atoms with E-state index in [-0.39, 0.29) is 5.82 Å². The molecule has 0 radical (unpaired) electrons. The van der Waals surface area contributed by atoms with Crippen LogP contribution in [0.2, 0.25) is 0 Å². The molecule has 0 amide bonds. The lowest BCUT2D eigenvalue weighted by Gasteiger charge is -2.14. The Hall–Kier alpha value is -1.55. The number of alkyl halides is 4. The Kier molecular flexibility index (Phi) is 4.57.